The van der Waals surface area contributed by atoms with Gasteiger partial charge in [-0.25, -0.2) is 0 Å². The number of carbonyl (C=O) groups is 2. The molecule has 88 valence electrons. The Hall–Kier alpha value is -1.87. The zero-order valence-corrected chi connectivity index (χ0v) is 9.87. The molecule has 2 N–H and O–H groups in total. The minimum Gasteiger partial charge on any atom is -0.369 e. The lowest BCUT2D eigenvalue weighted by atomic mass is 10.1. The molecule has 1 aliphatic heterocycles. The summed E-state index contributed by atoms with van der Waals surface area (Å²) < 4.78 is 0. The van der Waals surface area contributed by atoms with E-state index in [4.69, 9.17) is 11.0 Å². The van der Waals surface area contributed by atoms with Crippen LogP contribution in [0.25, 0.3) is 0 Å². The van der Waals surface area contributed by atoms with Gasteiger partial charge in [-0.3, -0.25) is 9.59 Å². The SMILES string of the molecule is N#Cc1ccc(CN2CC[C@@H](C(N)=O)C2=O)s1. The van der Waals surface area contributed by atoms with E-state index in [0.717, 1.165) is 4.88 Å². The summed E-state index contributed by atoms with van der Waals surface area (Å²) in [4.78, 5) is 26.0. The van der Waals surface area contributed by atoms with Gasteiger partial charge < -0.3 is 10.6 Å². The van der Waals surface area contributed by atoms with Crippen molar-refractivity contribution in [3.63, 3.8) is 0 Å². The van der Waals surface area contributed by atoms with E-state index < -0.39 is 11.8 Å². The smallest absolute Gasteiger partial charge is 0.235 e. The van der Waals surface area contributed by atoms with Gasteiger partial charge in [-0.2, -0.15) is 5.26 Å². The third-order valence-electron chi connectivity index (χ3n) is 2.76. The van der Waals surface area contributed by atoms with Crippen LogP contribution in [0.4, 0.5) is 0 Å². The Morgan fingerprint density at radius 3 is 2.94 bits per heavy atom. The molecule has 0 bridgehead atoms. The van der Waals surface area contributed by atoms with Crippen molar-refractivity contribution in [3.8, 4) is 6.07 Å². The lowest BCUT2D eigenvalue weighted by Gasteiger charge is -2.14. The van der Waals surface area contributed by atoms with E-state index in [-0.39, 0.29) is 5.91 Å². The molecule has 1 aromatic rings. The van der Waals surface area contributed by atoms with Crippen LogP contribution in [-0.2, 0) is 16.1 Å². The van der Waals surface area contributed by atoms with Crippen molar-refractivity contribution in [2.45, 2.75) is 13.0 Å². The van der Waals surface area contributed by atoms with Crippen molar-refractivity contribution in [1.29, 1.82) is 5.26 Å². The van der Waals surface area contributed by atoms with E-state index in [1.807, 2.05) is 6.07 Å². The zero-order valence-electron chi connectivity index (χ0n) is 9.05. The molecule has 0 saturated carbocycles. The first-order valence-electron chi connectivity index (χ1n) is 5.18. The maximum atomic E-state index is 11.8. The maximum absolute atomic E-state index is 11.8. The van der Waals surface area contributed by atoms with Crippen LogP contribution in [-0.4, -0.2) is 23.3 Å². The molecule has 0 aromatic carbocycles. The molecule has 1 atom stereocenters. The number of nitriles is 1. The summed E-state index contributed by atoms with van der Waals surface area (Å²) in [5.41, 5.74) is 5.14. The number of likely N-dealkylation sites (tertiary alicyclic amines) is 1. The van der Waals surface area contributed by atoms with Gasteiger partial charge in [0.25, 0.3) is 0 Å². The van der Waals surface area contributed by atoms with Gasteiger partial charge in [0.1, 0.15) is 16.9 Å². The number of hydrogen-bond acceptors (Lipinski definition) is 4. The van der Waals surface area contributed by atoms with Crippen LogP contribution in [0.3, 0.4) is 0 Å². The first-order chi connectivity index (χ1) is 8.11. The second kappa shape index (κ2) is 4.55. The molecular weight excluding hydrogens is 238 g/mol. The van der Waals surface area contributed by atoms with Crippen molar-refractivity contribution in [1.82, 2.24) is 4.90 Å². The zero-order chi connectivity index (χ0) is 12.4. The average Bonchev–Trinajstić information content (AvgIpc) is 2.87. The Labute approximate surface area is 102 Å². The summed E-state index contributed by atoms with van der Waals surface area (Å²) in [5.74, 6) is -1.43. The highest BCUT2D eigenvalue weighted by molar-refractivity contribution is 7.12. The van der Waals surface area contributed by atoms with E-state index in [9.17, 15) is 9.59 Å². The molecule has 0 aliphatic carbocycles. The molecule has 2 rings (SSSR count). The van der Waals surface area contributed by atoms with Crippen molar-refractivity contribution < 1.29 is 9.59 Å². The Bertz CT molecular complexity index is 503. The maximum Gasteiger partial charge on any atom is 0.235 e. The number of primary amides is 1. The highest BCUT2D eigenvalue weighted by Gasteiger charge is 2.35. The molecule has 6 heteroatoms. The molecule has 0 unspecified atom stereocenters. The lowest BCUT2D eigenvalue weighted by molar-refractivity contribution is -0.136. The van der Waals surface area contributed by atoms with Gasteiger partial charge in [-0.1, -0.05) is 0 Å². The normalized spacial score (nSPS) is 19.4. The Kier molecular flexibility index (Phi) is 3.11. The Balaban J connectivity index is 2.04. The number of thiophene rings is 1. The molecule has 5 nitrogen and oxygen atoms in total. The highest BCUT2D eigenvalue weighted by Crippen LogP contribution is 2.23. The van der Waals surface area contributed by atoms with Gasteiger partial charge in [0, 0.05) is 11.4 Å². The average molecular weight is 249 g/mol. The molecule has 0 radical (unpaired) electrons. The highest BCUT2D eigenvalue weighted by atomic mass is 32.1. The van der Waals surface area contributed by atoms with Crippen LogP contribution in [0, 0.1) is 17.2 Å². The standard InChI is InChI=1S/C11H11N3O2S/c12-5-7-1-2-8(17-7)6-14-4-3-9(10(13)15)11(14)16/h1-2,9H,3-4,6H2,(H2,13,15)/t9-/m0/s1. The summed E-state index contributed by atoms with van der Waals surface area (Å²) >= 11 is 1.36. The Morgan fingerprint density at radius 1 is 1.65 bits per heavy atom. The van der Waals surface area contributed by atoms with Crippen LogP contribution in [0.1, 0.15) is 16.2 Å². The second-order valence-corrected chi connectivity index (χ2v) is 5.05. The van der Waals surface area contributed by atoms with Crippen LogP contribution in [0.5, 0.6) is 0 Å². The lowest BCUT2D eigenvalue weighted by Crippen LogP contribution is -2.32. The molecule has 2 heterocycles. The number of rotatable bonds is 3. The van der Waals surface area contributed by atoms with E-state index in [1.54, 1.807) is 11.0 Å². The van der Waals surface area contributed by atoms with Gasteiger partial charge in [0.2, 0.25) is 11.8 Å². The minimum atomic E-state index is -0.676. The Morgan fingerprint density at radius 2 is 2.41 bits per heavy atom. The monoisotopic (exact) mass is 249 g/mol. The van der Waals surface area contributed by atoms with Crippen LogP contribution in [0.15, 0.2) is 12.1 Å². The summed E-state index contributed by atoms with van der Waals surface area (Å²) in [6, 6.07) is 5.61. The third kappa shape index (κ3) is 2.29. The van der Waals surface area contributed by atoms with Gasteiger partial charge in [0.05, 0.1) is 6.54 Å². The number of nitrogens with two attached hydrogens (primary N) is 1. The van der Waals surface area contributed by atoms with Crippen molar-refractivity contribution in [2.24, 2.45) is 11.7 Å². The van der Waals surface area contributed by atoms with Crippen molar-refractivity contribution in [2.75, 3.05) is 6.54 Å². The quantitative estimate of drug-likeness (QED) is 0.789. The van der Waals surface area contributed by atoms with Gasteiger partial charge >= 0.3 is 0 Å². The fourth-order valence-corrected chi connectivity index (χ4v) is 2.69. The largest absolute Gasteiger partial charge is 0.369 e. The van der Waals surface area contributed by atoms with Crippen molar-refractivity contribution >= 4 is 23.2 Å². The van der Waals surface area contributed by atoms with E-state index in [2.05, 4.69) is 6.07 Å². The number of amides is 2. The first-order valence-corrected chi connectivity index (χ1v) is 6.00. The van der Waals surface area contributed by atoms with Gasteiger partial charge in [-0.05, 0) is 18.6 Å². The summed E-state index contributed by atoms with van der Waals surface area (Å²) in [7, 11) is 0. The van der Waals surface area contributed by atoms with E-state index in [1.165, 1.54) is 11.3 Å². The predicted molar refractivity (Wildman–Crippen MR) is 61.8 cm³/mol. The van der Waals surface area contributed by atoms with E-state index in [0.29, 0.717) is 24.4 Å². The molecule has 1 aliphatic rings. The molecular formula is C11H11N3O2S. The van der Waals surface area contributed by atoms with Crippen molar-refractivity contribution in [3.05, 3.63) is 21.9 Å². The number of hydrogen-bond donors (Lipinski definition) is 1. The summed E-state index contributed by atoms with van der Waals surface area (Å²) in [6.07, 6.45) is 0.491. The van der Waals surface area contributed by atoms with Crippen LogP contribution in [0.2, 0.25) is 0 Å². The molecule has 17 heavy (non-hydrogen) atoms. The first kappa shape index (κ1) is 11.6. The molecule has 1 saturated heterocycles. The fraction of sp³-hybridized carbons (Fsp3) is 0.364. The third-order valence-corrected chi connectivity index (χ3v) is 3.73. The van der Waals surface area contributed by atoms with E-state index >= 15 is 0 Å². The topological polar surface area (TPSA) is 87.2 Å². The number of nitrogens with zero attached hydrogens (tertiary/aromatic N) is 2. The summed E-state index contributed by atoms with van der Waals surface area (Å²) in [6.45, 7) is 1.00. The minimum absolute atomic E-state index is 0.204. The van der Waals surface area contributed by atoms with Crippen LogP contribution >= 0.6 is 11.3 Å². The second-order valence-electron chi connectivity index (χ2n) is 3.88. The van der Waals surface area contributed by atoms with Gasteiger partial charge in [-0.15, -0.1) is 11.3 Å². The fourth-order valence-electron chi connectivity index (χ4n) is 1.87. The number of carbonyl (C=O) groups excluding carboxylic acids is 2. The predicted octanol–water partition coefficient (Wildman–Crippen LogP) is 0.454. The molecule has 1 aromatic heterocycles. The molecule has 1 fully saturated rings. The summed E-state index contributed by atoms with van der Waals surface area (Å²) in [5, 5.41) is 8.70. The van der Waals surface area contributed by atoms with Crippen LogP contribution < -0.4 is 5.73 Å². The van der Waals surface area contributed by atoms with Gasteiger partial charge in [0.15, 0.2) is 0 Å². The molecule has 2 amide bonds. The molecule has 0 spiro atoms.